The summed E-state index contributed by atoms with van der Waals surface area (Å²) >= 11 is 0. The number of amides is 1. The maximum absolute atomic E-state index is 12.1. The number of nitrogens with zero attached hydrogens (tertiary/aromatic N) is 2. The number of rotatable bonds is 6. The summed E-state index contributed by atoms with van der Waals surface area (Å²) in [4.78, 5) is 31.6. The molecule has 3 N–H and O–H groups in total. The van der Waals surface area contributed by atoms with Gasteiger partial charge in [0.15, 0.2) is 17.6 Å². The summed E-state index contributed by atoms with van der Waals surface area (Å²) in [6.07, 6.45) is 1.74. The van der Waals surface area contributed by atoms with Gasteiger partial charge in [-0.25, -0.2) is 14.8 Å². The van der Waals surface area contributed by atoms with E-state index in [1.165, 1.54) is 19.3 Å². The first-order chi connectivity index (χ1) is 11.5. The van der Waals surface area contributed by atoms with Crippen LogP contribution < -0.4 is 11.1 Å². The maximum Gasteiger partial charge on any atom is 0.361 e. The molecular formula is C17H20N4O3. The van der Waals surface area contributed by atoms with Gasteiger partial charge in [-0.2, -0.15) is 0 Å². The second-order valence-electron chi connectivity index (χ2n) is 5.39. The van der Waals surface area contributed by atoms with Crippen LogP contribution in [0.5, 0.6) is 0 Å². The van der Waals surface area contributed by atoms with E-state index in [4.69, 9.17) is 10.5 Å². The van der Waals surface area contributed by atoms with Crippen LogP contribution >= 0.6 is 0 Å². The van der Waals surface area contributed by atoms with Gasteiger partial charge in [0.1, 0.15) is 0 Å². The van der Waals surface area contributed by atoms with Crippen LogP contribution in [0.1, 0.15) is 35.8 Å². The van der Waals surface area contributed by atoms with Crippen LogP contribution in [0.25, 0.3) is 0 Å². The van der Waals surface area contributed by atoms with Gasteiger partial charge in [0.2, 0.25) is 0 Å². The van der Waals surface area contributed by atoms with E-state index in [-0.39, 0.29) is 23.3 Å². The molecule has 0 aliphatic heterocycles. The molecule has 0 saturated carbocycles. The molecular weight excluding hydrogens is 308 g/mol. The molecule has 0 aliphatic carbocycles. The Balaban J connectivity index is 1.86. The van der Waals surface area contributed by atoms with Crippen molar-refractivity contribution < 1.29 is 14.3 Å². The lowest BCUT2D eigenvalue weighted by molar-refractivity contribution is -0.129. The predicted molar refractivity (Wildman–Crippen MR) is 89.2 cm³/mol. The summed E-state index contributed by atoms with van der Waals surface area (Å²) in [5, 5.41) is 2.77. The zero-order valence-electron chi connectivity index (χ0n) is 13.6. The molecule has 1 heterocycles. The Morgan fingerprint density at radius 1 is 1.17 bits per heavy atom. The fourth-order valence-electron chi connectivity index (χ4n) is 2.07. The molecule has 0 spiro atoms. The number of aromatic nitrogens is 2. The molecule has 0 fully saturated rings. The molecule has 1 amide bonds. The highest BCUT2D eigenvalue weighted by Gasteiger charge is 2.22. The van der Waals surface area contributed by atoms with Gasteiger partial charge in [-0.1, -0.05) is 37.3 Å². The minimum Gasteiger partial charge on any atom is -0.448 e. The Morgan fingerprint density at radius 2 is 1.83 bits per heavy atom. The fourth-order valence-corrected chi connectivity index (χ4v) is 2.07. The molecule has 7 heteroatoms. The lowest BCUT2D eigenvalue weighted by atomic mass is 10.0. The molecule has 2 rings (SSSR count). The molecule has 0 bridgehead atoms. The van der Waals surface area contributed by atoms with E-state index in [9.17, 15) is 9.59 Å². The molecule has 2 aromatic rings. The van der Waals surface area contributed by atoms with Gasteiger partial charge in [0.25, 0.3) is 5.91 Å². The molecule has 2 atom stereocenters. The Hall–Kier alpha value is -2.96. The number of nitrogens with one attached hydrogen (secondary N) is 1. The third kappa shape index (κ3) is 4.52. The molecule has 7 nitrogen and oxygen atoms in total. The number of carbonyl (C=O) groups is 2. The van der Waals surface area contributed by atoms with Gasteiger partial charge < -0.3 is 15.8 Å². The van der Waals surface area contributed by atoms with Gasteiger partial charge in [-0.05, 0) is 18.4 Å². The SMILES string of the molecule is C[C@H](OC(=O)c1nccnc1N)C(=O)NC[C@H](C)c1ccccc1. The smallest absolute Gasteiger partial charge is 0.361 e. The van der Waals surface area contributed by atoms with E-state index in [0.717, 1.165) is 5.56 Å². The number of hydrogen-bond acceptors (Lipinski definition) is 6. The molecule has 24 heavy (non-hydrogen) atoms. The number of carbonyl (C=O) groups excluding carboxylic acids is 2. The Kier molecular flexibility index (Phi) is 5.83. The Labute approximate surface area is 140 Å². The van der Waals surface area contributed by atoms with Gasteiger partial charge in [-0.3, -0.25) is 4.79 Å². The molecule has 0 unspecified atom stereocenters. The van der Waals surface area contributed by atoms with Crippen molar-refractivity contribution >= 4 is 17.7 Å². The minimum atomic E-state index is -0.957. The number of anilines is 1. The van der Waals surface area contributed by atoms with Crippen molar-refractivity contribution in [3.05, 3.63) is 54.0 Å². The van der Waals surface area contributed by atoms with Crippen LogP contribution in [0.2, 0.25) is 0 Å². The lowest BCUT2D eigenvalue weighted by Crippen LogP contribution is -2.37. The number of nitrogens with two attached hydrogens (primary N) is 1. The highest BCUT2D eigenvalue weighted by Crippen LogP contribution is 2.13. The maximum atomic E-state index is 12.1. The van der Waals surface area contributed by atoms with Crippen molar-refractivity contribution in [2.75, 3.05) is 12.3 Å². The third-order valence-corrected chi connectivity index (χ3v) is 3.52. The van der Waals surface area contributed by atoms with E-state index < -0.39 is 12.1 Å². The Bertz CT molecular complexity index is 706. The molecule has 0 aliphatic rings. The fraction of sp³-hybridized carbons (Fsp3) is 0.294. The monoisotopic (exact) mass is 328 g/mol. The summed E-state index contributed by atoms with van der Waals surface area (Å²) in [5.74, 6) is -1.05. The van der Waals surface area contributed by atoms with Crippen LogP contribution in [0, 0.1) is 0 Å². The minimum absolute atomic E-state index is 0.0344. The molecule has 1 aromatic carbocycles. The molecule has 0 saturated heterocycles. The highest BCUT2D eigenvalue weighted by atomic mass is 16.5. The van der Waals surface area contributed by atoms with Crippen LogP contribution in [-0.4, -0.2) is 34.5 Å². The summed E-state index contributed by atoms with van der Waals surface area (Å²) in [6.45, 7) is 3.94. The number of esters is 1. The number of ether oxygens (including phenoxy) is 1. The van der Waals surface area contributed by atoms with E-state index in [1.807, 2.05) is 37.3 Å². The third-order valence-electron chi connectivity index (χ3n) is 3.52. The standard InChI is InChI=1S/C17H20N4O3/c1-11(13-6-4-3-5-7-13)10-21-16(22)12(2)24-17(23)14-15(18)20-9-8-19-14/h3-9,11-12H,10H2,1-2H3,(H2,18,20)(H,21,22)/t11-,12-/m0/s1. The first-order valence-electron chi connectivity index (χ1n) is 7.59. The predicted octanol–water partition coefficient (Wildman–Crippen LogP) is 1.52. The summed E-state index contributed by atoms with van der Waals surface area (Å²) in [7, 11) is 0. The first-order valence-corrected chi connectivity index (χ1v) is 7.59. The van der Waals surface area contributed by atoms with Crippen LogP contribution in [0.15, 0.2) is 42.7 Å². The van der Waals surface area contributed by atoms with Crippen molar-refractivity contribution in [2.24, 2.45) is 0 Å². The Morgan fingerprint density at radius 3 is 2.50 bits per heavy atom. The van der Waals surface area contributed by atoms with Gasteiger partial charge >= 0.3 is 5.97 Å². The van der Waals surface area contributed by atoms with Crippen LogP contribution in [-0.2, 0) is 9.53 Å². The van der Waals surface area contributed by atoms with E-state index in [0.29, 0.717) is 6.54 Å². The van der Waals surface area contributed by atoms with Crippen molar-refractivity contribution in [1.29, 1.82) is 0 Å². The zero-order valence-corrected chi connectivity index (χ0v) is 13.6. The zero-order chi connectivity index (χ0) is 17.5. The second kappa shape index (κ2) is 8.05. The van der Waals surface area contributed by atoms with E-state index in [2.05, 4.69) is 15.3 Å². The van der Waals surface area contributed by atoms with Crippen LogP contribution in [0.3, 0.4) is 0 Å². The number of benzene rings is 1. The molecule has 126 valence electrons. The van der Waals surface area contributed by atoms with Gasteiger partial charge in [0.05, 0.1) is 0 Å². The van der Waals surface area contributed by atoms with E-state index >= 15 is 0 Å². The normalized spacial score (nSPS) is 12.9. The second-order valence-corrected chi connectivity index (χ2v) is 5.39. The summed E-state index contributed by atoms with van der Waals surface area (Å²) in [5.41, 5.74) is 6.58. The average Bonchev–Trinajstić information content (AvgIpc) is 2.60. The lowest BCUT2D eigenvalue weighted by Gasteiger charge is -2.16. The first kappa shape index (κ1) is 17.4. The van der Waals surface area contributed by atoms with Crippen molar-refractivity contribution in [3.63, 3.8) is 0 Å². The number of hydrogen-bond donors (Lipinski definition) is 2. The quantitative estimate of drug-likeness (QED) is 0.779. The van der Waals surface area contributed by atoms with Crippen LogP contribution in [0.4, 0.5) is 5.82 Å². The van der Waals surface area contributed by atoms with Crippen molar-refractivity contribution in [3.8, 4) is 0 Å². The highest BCUT2D eigenvalue weighted by molar-refractivity contribution is 5.93. The van der Waals surface area contributed by atoms with Crippen molar-refractivity contribution in [1.82, 2.24) is 15.3 Å². The number of nitrogen functional groups attached to an aromatic ring is 1. The summed E-state index contributed by atoms with van der Waals surface area (Å²) in [6, 6.07) is 9.83. The topological polar surface area (TPSA) is 107 Å². The largest absolute Gasteiger partial charge is 0.448 e. The average molecular weight is 328 g/mol. The molecule has 1 aromatic heterocycles. The summed E-state index contributed by atoms with van der Waals surface area (Å²) < 4.78 is 5.08. The molecule has 0 radical (unpaired) electrons. The van der Waals surface area contributed by atoms with Crippen molar-refractivity contribution in [2.45, 2.75) is 25.9 Å². The van der Waals surface area contributed by atoms with Gasteiger partial charge in [-0.15, -0.1) is 0 Å². The van der Waals surface area contributed by atoms with E-state index in [1.54, 1.807) is 0 Å². The van der Waals surface area contributed by atoms with Gasteiger partial charge in [0, 0.05) is 18.9 Å².